The highest BCUT2D eigenvalue weighted by Crippen LogP contribution is 2.24. The number of hydrogen-bond acceptors (Lipinski definition) is 2. The molecule has 0 atom stereocenters. The van der Waals surface area contributed by atoms with Crippen molar-refractivity contribution in [3.8, 4) is 5.75 Å². The van der Waals surface area contributed by atoms with Crippen molar-refractivity contribution in [2.45, 2.75) is 6.92 Å². The Kier molecular flexibility index (Phi) is 4.88. The van der Waals surface area contributed by atoms with E-state index < -0.39 is 29.2 Å². The molecule has 0 bridgehead atoms. The molecular weight excluding hydrogens is 297 g/mol. The molecule has 0 saturated carbocycles. The highest BCUT2D eigenvalue weighted by molar-refractivity contribution is 6.00. The molecule has 0 aliphatic carbocycles. The van der Waals surface area contributed by atoms with Crippen LogP contribution in [0.15, 0.2) is 36.4 Å². The van der Waals surface area contributed by atoms with Crippen molar-refractivity contribution in [1.82, 2.24) is 0 Å². The second-order valence-corrected chi connectivity index (χ2v) is 4.23. The number of carbonyl (C=O) groups is 1. The molecule has 22 heavy (non-hydrogen) atoms. The highest BCUT2D eigenvalue weighted by atomic mass is 19.2. The maximum absolute atomic E-state index is 13.5. The Morgan fingerprint density at radius 3 is 2.41 bits per heavy atom. The van der Waals surface area contributed by atoms with Crippen molar-refractivity contribution in [3.63, 3.8) is 0 Å². The topological polar surface area (TPSA) is 50.4 Å². The molecule has 7 heteroatoms. The van der Waals surface area contributed by atoms with E-state index in [2.05, 4.69) is 10.6 Å². The largest absolute Gasteiger partial charge is 0.492 e. The van der Waals surface area contributed by atoms with Crippen LogP contribution in [0.3, 0.4) is 0 Å². The lowest BCUT2D eigenvalue weighted by Gasteiger charge is -2.12. The smallest absolute Gasteiger partial charge is 0.323 e. The lowest BCUT2D eigenvalue weighted by atomic mass is 10.2. The Hall–Kier alpha value is -2.70. The first-order chi connectivity index (χ1) is 10.5. The van der Waals surface area contributed by atoms with Crippen molar-refractivity contribution >= 4 is 17.4 Å². The molecule has 0 aliphatic heterocycles. The van der Waals surface area contributed by atoms with Gasteiger partial charge in [0, 0.05) is 0 Å². The molecule has 0 unspecified atom stereocenters. The Labute approximate surface area is 124 Å². The van der Waals surface area contributed by atoms with Crippen LogP contribution in [0.25, 0.3) is 0 Å². The molecule has 4 nitrogen and oxygen atoms in total. The van der Waals surface area contributed by atoms with Gasteiger partial charge >= 0.3 is 6.03 Å². The highest BCUT2D eigenvalue weighted by Gasteiger charge is 2.15. The van der Waals surface area contributed by atoms with Gasteiger partial charge in [0.05, 0.1) is 18.0 Å². The summed E-state index contributed by atoms with van der Waals surface area (Å²) in [5, 5.41) is 4.56. The van der Waals surface area contributed by atoms with Crippen molar-refractivity contribution in [3.05, 3.63) is 53.8 Å². The van der Waals surface area contributed by atoms with Gasteiger partial charge in [0.25, 0.3) is 0 Å². The van der Waals surface area contributed by atoms with Gasteiger partial charge in [0.1, 0.15) is 5.75 Å². The summed E-state index contributed by atoms with van der Waals surface area (Å²) >= 11 is 0. The number of anilines is 2. The van der Waals surface area contributed by atoms with Crippen molar-refractivity contribution < 1.29 is 22.7 Å². The second kappa shape index (κ2) is 6.84. The maximum Gasteiger partial charge on any atom is 0.323 e. The fourth-order valence-electron chi connectivity index (χ4n) is 1.75. The van der Waals surface area contributed by atoms with Gasteiger partial charge in [-0.2, -0.15) is 0 Å². The number of nitrogens with one attached hydrogen (secondary N) is 2. The van der Waals surface area contributed by atoms with Gasteiger partial charge in [-0.1, -0.05) is 12.1 Å². The summed E-state index contributed by atoms with van der Waals surface area (Å²) in [5.41, 5.74) is -0.102. The van der Waals surface area contributed by atoms with Crippen LogP contribution in [0.1, 0.15) is 6.92 Å². The fraction of sp³-hybridized carbons (Fsp3) is 0.133. The van der Waals surface area contributed by atoms with E-state index in [1.165, 1.54) is 0 Å². The predicted octanol–water partition coefficient (Wildman–Crippen LogP) is 4.15. The van der Waals surface area contributed by atoms with Crippen molar-refractivity contribution in [2.24, 2.45) is 0 Å². The Balaban J connectivity index is 2.13. The van der Waals surface area contributed by atoms with E-state index in [-0.39, 0.29) is 0 Å². The van der Waals surface area contributed by atoms with E-state index in [9.17, 15) is 18.0 Å². The van der Waals surface area contributed by atoms with E-state index >= 15 is 0 Å². The minimum atomic E-state index is -1.65. The fourth-order valence-corrected chi connectivity index (χ4v) is 1.75. The molecule has 2 aromatic carbocycles. The van der Waals surface area contributed by atoms with E-state index in [4.69, 9.17) is 4.74 Å². The van der Waals surface area contributed by atoms with Gasteiger partial charge in [-0.25, -0.2) is 18.0 Å². The van der Waals surface area contributed by atoms with Gasteiger partial charge in [-0.3, -0.25) is 0 Å². The van der Waals surface area contributed by atoms with Gasteiger partial charge < -0.3 is 15.4 Å². The molecule has 0 aromatic heterocycles. The third-order valence-electron chi connectivity index (χ3n) is 2.72. The SMILES string of the molecule is CCOc1ccccc1NC(=O)Nc1ccc(F)c(F)c1F. The number of ether oxygens (including phenoxy) is 1. The molecular formula is C15H13F3N2O2. The van der Waals surface area contributed by atoms with Crippen molar-refractivity contribution in [2.75, 3.05) is 17.2 Å². The molecule has 0 spiro atoms. The van der Waals surface area contributed by atoms with E-state index in [1.807, 2.05) is 0 Å². The summed E-state index contributed by atoms with van der Waals surface area (Å²) in [4.78, 5) is 11.8. The first-order valence-corrected chi connectivity index (χ1v) is 6.46. The summed E-state index contributed by atoms with van der Waals surface area (Å²) in [6, 6.07) is 7.49. The lowest BCUT2D eigenvalue weighted by Crippen LogP contribution is -2.21. The zero-order valence-corrected chi connectivity index (χ0v) is 11.6. The number of halogens is 3. The predicted molar refractivity (Wildman–Crippen MR) is 76.6 cm³/mol. The number of amides is 2. The standard InChI is InChI=1S/C15H13F3N2O2/c1-2-22-12-6-4-3-5-10(12)19-15(21)20-11-8-7-9(16)13(17)14(11)18/h3-8H,2H2,1H3,(H2,19,20,21). The average molecular weight is 310 g/mol. The van der Waals surface area contributed by atoms with Crippen LogP contribution >= 0.6 is 0 Å². The average Bonchev–Trinajstić information content (AvgIpc) is 2.50. The number of hydrogen-bond donors (Lipinski definition) is 2. The minimum absolute atomic E-state index is 0.366. The number of carbonyl (C=O) groups excluding carboxylic acids is 1. The third-order valence-corrected chi connectivity index (χ3v) is 2.72. The molecule has 2 N–H and O–H groups in total. The Morgan fingerprint density at radius 1 is 1.00 bits per heavy atom. The molecule has 2 aromatic rings. The first-order valence-electron chi connectivity index (χ1n) is 6.46. The molecule has 0 heterocycles. The zero-order valence-electron chi connectivity index (χ0n) is 11.6. The zero-order chi connectivity index (χ0) is 16.1. The molecule has 116 valence electrons. The molecule has 0 saturated heterocycles. The van der Waals surface area contributed by atoms with Crippen LogP contribution in [0.2, 0.25) is 0 Å². The van der Waals surface area contributed by atoms with Crippen LogP contribution < -0.4 is 15.4 Å². The van der Waals surface area contributed by atoms with Crippen LogP contribution in [0.5, 0.6) is 5.75 Å². The normalized spacial score (nSPS) is 10.2. The molecule has 0 fully saturated rings. The number of benzene rings is 2. The summed E-state index contributed by atoms with van der Waals surface area (Å²) in [7, 11) is 0. The molecule has 2 rings (SSSR count). The third kappa shape index (κ3) is 3.49. The number of urea groups is 1. The van der Waals surface area contributed by atoms with E-state index in [1.54, 1.807) is 31.2 Å². The molecule has 0 radical (unpaired) electrons. The number of rotatable bonds is 4. The quantitative estimate of drug-likeness (QED) is 0.834. The van der Waals surface area contributed by atoms with Crippen LogP contribution in [-0.2, 0) is 0 Å². The van der Waals surface area contributed by atoms with Gasteiger partial charge in [0.2, 0.25) is 0 Å². The van der Waals surface area contributed by atoms with Crippen molar-refractivity contribution in [1.29, 1.82) is 0 Å². The maximum atomic E-state index is 13.5. The minimum Gasteiger partial charge on any atom is -0.492 e. The van der Waals surface area contributed by atoms with E-state index in [0.717, 1.165) is 12.1 Å². The number of para-hydroxylation sites is 2. The van der Waals surface area contributed by atoms with E-state index in [0.29, 0.717) is 18.0 Å². The Bertz CT molecular complexity index is 692. The van der Waals surface area contributed by atoms with Gasteiger partial charge in [0.15, 0.2) is 17.5 Å². The van der Waals surface area contributed by atoms with Gasteiger partial charge in [-0.05, 0) is 31.2 Å². The van der Waals surface area contributed by atoms with Crippen LogP contribution in [0, 0.1) is 17.5 Å². The lowest BCUT2D eigenvalue weighted by molar-refractivity contribution is 0.261. The first kappa shape index (κ1) is 15.7. The summed E-state index contributed by atoms with van der Waals surface area (Å²) in [6.07, 6.45) is 0. The van der Waals surface area contributed by atoms with Gasteiger partial charge in [-0.15, -0.1) is 0 Å². The molecule has 2 amide bonds. The van der Waals surface area contributed by atoms with Crippen LogP contribution in [0.4, 0.5) is 29.3 Å². The monoisotopic (exact) mass is 310 g/mol. The summed E-state index contributed by atoms with van der Waals surface area (Å²) in [6.45, 7) is 2.19. The Morgan fingerprint density at radius 2 is 1.68 bits per heavy atom. The summed E-state index contributed by atoms with van der Waals surface area (Å²) in [5.74, 6) is -4.00. The second-order valence-electron chi connectivity index (χ2n) is 4.23. The molecule has 0 aliphatic rings. The van der Waals surface area contributed by atoms with Crippen LogP contribution in [-0.4, -0.2) is 12.6 Å². The summed E-state index contributed by atoms with van der Waals surface area (Å²) < 4.78 is 44.7.